The number of rotatable bonds is 0. The van der Waals surface area contributed by atoms with Crippen molar-refractivity contribution in [2.75, 3.05) is 13.2 Å². The van der Waals surface area contributed by atoms with Crippen LogP contribution in [0.15, 0.2) is 0 Å². The first-order chi connectivity index (χ1) is 4.13. The summed E-state index contributed by atoms with van der Waals surface area (Å²) in [4.78, 5) is 0. The lowest BCUT2D eigenvalue weighted by molar-refractivity contribution is -0.0464. The van der Waals surface area contributed by atoms with Crippen LogP contribution in [0, 0.1) is 0 Å². The third-order valence-corrected chi connectivity index (χ3v) is 2.29. The minimum Gasteiger partial charge on any atom is -0.388 e. The van der Waals surface area contributed by atoms with Gasteiger partial charge in [-0.2, -0.15) is 0 Å². The summed E-state index contributed by atoms with van der Waals surface area (Å²) in [5, 5.41) is 9.19. The first-order valence-electron chi connectivity index (χ1n) is 3.07. The smallest absolute Gasteiger partial charge is 0.0854 e. The first-order valence-corrected chi connectivity index (χ1v) is 3.51. The van der Waals surface area contributed by atoms with Crippen molar-refractivity contribution in [3.63, 3.8) is 0 Å². The van der Waals surface area contributed by atoms with Crippen LogP contribution in [0.3, 0.4) is 0 Å². The molecule has 2 nitrogen and oxygen atoms in total. The molecular formula is C6H11ClO2. The monoisotopic (exact) mass is 150 g/mol. The van der Waals surface area contributed by atoms with E-state index in [0.29, 0.717) is 19.6 Å². The van der Waals surface area contributed by atoms with E-state index in [0.717, 1.165) is 0 Å². The lowest BCUT2D eigenvalue weighted by Crippen LogP contribution is -2.43. The molecule has 1 N–H and O–H groups in total. The average molecular weight is 151 g/mol. The zero-order chi connectivity index (χ0) is 6.91. The molecule has 3 heteroatoms. The SMILES string of the molecule is C[C@@]1(O)CCOC[C@H]1Cl. The van der Waals surface area contributed by atoms with Gasteiger partial charge in [0.05, 0.1) is 17.6 Å². The molecule has 0 spiro atoms. The Bertz CT molecular complexity index is 103. The fraction of sp³-hybridized carbons (Fsp3) is 1.00. The van der Waals surface area contributed by atoms with Gasteiger partial charge in [0.2, 0.25) is 0 Å². The van der Waals surface area contributed by atoms with Crippen LogP contribution in [0.1, 0.15) is 13.3 Å². The van der Waals surface area contributed by atoms with Gasteiger partial charge in [0.1, 0.15) is 0 Å². The molecule has 1 heterocycles. The quantitative estimate of drug-likeness (QED) is 0.517. The van der Waals surface area contributed by atoms with Crippen molar-refractivity contribution in [3.05, 3.63) is 0 Å². The first kappa shape index (κ1) is 7.32. The summed E-state index contributed by atoms with van der Waals surface area (Å²) in [5.41, 5.74) is -0.722. The van der Waals surface area contributed by atoms with E-state index in [1.165, 1.54) is 0 Å². The Morgan fingerprint density at radius 2 is 2.44 bits per heavy atom. The number of ether oxygens (including phenoxy) is 1. The number of hydrogen-bond acceptors (Lipinski definition) is 2. The van der Waals surface area contributed by atoms with Gasteiger partial charge in [-0.1, -0.05) is 0 Å². The second-order valence-electron chi connectivity index (χ2n) is 2.65. The van der Waals surface area contributed by atoms with Crippen molar-refractivity contribution in [1.29, 1.82) is 0 Å². The van der Waals surface area contributed by atoms with E-state index in [2.05, 4.69) is 0 Å². The zero-order valence-corrected chi connectivity index (χ0v) is 6.19. The van der Waals surface area contributed by atoms with Crippen molar-refractivity contribution >= 4 is 11.6 Å². The van der Waals surface area contributed by atoms with Crippen LogP contribution in [-0.2, 0) is 4.74 Å². The Hall–Kier alpha value is 0.210. The van der Waals surface area contributed by atoms with Gasteiger partial charge in [0.25, 0.3) is 0 Å². The molecular weight excluding hydrogens is 140 g/mol. The molecule has 54 valence electrons. The number of alkyl halides is 1. The molecule has 0 saturated carbocycles. The van der Waals surface area contributed by atoms with Gasteiger partial charge >= 0.3 is 0 Å². The van der Waals surface area contributed by atoms with Crippen LogP contribution in [0.25, 0.3) is 0 Å². The summed E-state index contributed by atoms with van der Waals surface area (Å²) >= 11 is 5.73. The highest BCUT2D eigenvalue weighted by atomic mass is 35.5. The van der Waals surface area contributed by atoms with Crippen molar-refractivity contribution in [3.8, 4) is 0 Å². The van der Waals surface area contributed by atoms with E-state index >= 15 is 0 Å². The van der Waals surface area contributed by atoms with Gasteiger partial charge < -0.3 is 9.84 Å². The molecule has 0 aliphatic carbocycles. The molecule has 0 aromatic rings. The molecule has 0 aromatic heterocycles. The van der Waals surface area contributed by atoms with Gasteiger partial charge in [-0.3, -0.25) is 0 Å². The fourth-order valence-corrected chi connectivity index (χ4v) is 1.000. The van der Waals surface area contributed by atoms with E-state index in [9.17, 15) is 5.11 Å². The van der Waals surface area contributed by atoms with Gasteiger partial charge in [-0.05, 0) is 6.92 Å². The number of aliphatic hydroxyl groups is 1. The highest BCUT2D eigenvalue weighted by molar-refractivity contribution is 6.21. The second-order valence-corrected chi connectivity index (χ2v) is 3.18. The third kappa shape index (κ3) is 1.57. The minimum atomic E-state index is -0.722. The summed E-state index contributed by atoms with van der Waals surface area (Å²) in [7, 11) is 0. The number of halogens is 1. The third-order valence-electron chi connectivity index (χ3n) is 1.69. The molecule has 0 aromatic carbocycles. The van der Waals surface area contributed by atoms with E-state index in [4.69, 9.17) is 16.3 Å². The summed E-state index contributed by atoms with van der Waals surface area (Å²) in [6.07, 6.45) is 0.640. The Morgan fingerprint density at radius 1 is 1.78 bits per heavy atom. The maximum absolute atomic E-state index is 9.43. The Balaban J connectivity index is 2.49. The lowest BCUT2D eigenvalue weighted by atomic mass is 9.97. The molecule has 1 rings (SSSR count). The Labute approximate surface area is 59.8 Å². The predicted molar refractivity (Wildman–Crippen MR) is 35.7 cm³/mol. The van der Waals surface area contributed by atoms with Crippen molar-refractivity contribution < 1.29 is 9.84 Å². The largest absolute Gasteiger partial charge is 0.388 e. The van der Waals surface area contributed by atoms with Gasteiger partial charge in [0.15, 0.2) is 0 Å². The molecule has 0 radical (unpaired) electrons. The van der Waals surface area contributed by atoms with Crippen LogP contribution >= 0.6 is 11.6 Å². The highest BCUT2D eigenvalue weighted by Crippen LogP contribution is 2.24. The molecule has 1 fully saturated rings. The molecule has 1 saturated heterocycles. The van der Waals surface area contributed by atoms with E-state index in [-0.39, 0.29) is 5.38 Å². The van der Waals surface area contributed by atoms with Crippen LogP contribution in [0.2, 0.25) is 0 Å². The van der Waals surface area contributed by atoms with Crippen molar-refractivity contribution in [1.82, 2.24) is 0 Å². The summed E-state index contributed by atoms with van der Waals surface area (Å²) < 4.78 is 5.03. The van der Waals surface area contributed by atoms with Crippen LogP contribution < -0.4 is 0 Å². The summed E-state index contributed by atoms with van der Waals surface area (Å²) in [6, 6.07) is 0. The number of hydrogen-bond donors (Lipinski definition) is 1. The molecule has 9 heavy (non-hydrogen) atoms. The lowest BCUT2D eigenvalue weighted by Gasteiger charge is -2.32. The normalized spacial score (nSPS) is 45.0. The minimum absolute atomic E-state index is 0.244. The predicted octanol–water partition coefficient (Wildman–Crippen LogP) is 0.765. The standard InChI is InChI=1S/C6H11ClO2/c1-6(8)2-3-9-4-5(6)7/h5,8H,2-4H2,1H3/t5-,6-/m1/s1. The van der Waals surface area contributed by atoms with E-state index in [1.54, 1.807) is 6.92 Å². The highest BCUT2D eigenvalue weighted by Gasteiger charge is 2.33. The van der Waals surface area contributed by atoms with Crippen LogP contribution in [0.5, 0.6) is 0 Å². The van der Waals surface area contributed by atoms with E-state index in [1.807, 2.05) is 0 Å². The zero-order valence-electron chi connectivity index (χ0n) is 5.43. The maximum atomic E-state index is 9.43. The molecule has 1 aliphatic heterocycles. The summed E-state index contributed by atoms with van der Waals surface area (Å²) in [6.45, 7) is 2.83. The molecule has 0 amide bonds. The molecule has 2 atom stereocenters. The van der Waals surface area contributed by atoms with Crippen molar-refractivity contribution in [2.24, 2.45) is 0 Å². The Kier molecular flexibility index (Phi) is 1.99. The average Bonchev–Trinajstić information content (AvgIpc) is 1.77. The maximum Gasteiger partial charge on any atom is 0.0854 e. The van der Waals surface area contributed by atoms with E-state index < -0.39 is 5.60 Å². The topological polar surface area (TPSA) is 29.5 Å². The van der Waals surface area contributed by atoms with Gasteiger partial charge in [-0.15, -0.1) is 11.6 Å². The Morgan fingerprint density at radius 3 is 2.78 bits per heavy atom. The van der Waals surface area contributed by atoms with Crippen LogP contribution in [-0.4, -0.2) is 29.3 Å². The molecule has 0 unspecified atom stereocenters. The fourth-order valence-electron chi connectivity index (χ4n) is 0.802. The van der Waals surface area contributed by atoms with Gasteiger partial charge in [-0.25, -0.2) is 0 Å². The van der Waals surface area contributed by atoms with Crippen LogP contribution in [0.4, 0.5) is 0 Å². The second kappa shape index (κ2) is 2.45. The van der Waals surface area contributed by atoms with Crippen molar-refractivity contribution in [2.45, 2.75) is 24.3 Å². The van der Waals surface area contributed by atoms with Gasteiger partial charge in [0, 0.05) is 13.0 Å². The molecule has 0 bridgehead atoms. The molecule has 1 aliphatic rings. The summed E-state index contributed by atoms with van der Waals surface area (Å²) in [5.74, 6) is 0.